The van der Waals surface area contributed by atoms with Crippen molar-refractivity contribution < 1.29 is 4.39 Å². The van der Waals surface area contributed by atoms with E-state index in [1.807, 2.05) is 55.0 Å². The Morgan fingerprint density at radius 1 is 1.03 bits per heavy atom. The predicted octanol–water partition coefficient (Wildman–Crippen LogP) is 6.72. The number of aromatic amines is 1. The third-order valence-electron chi connectivity index (χ3n) is 4.77. The number of thioether (sulfide) groups is 1. The average molecular weight is 627 g/mol. The van der Waals surface area contributed by atoms with Crippen LogP contribution in [0.15, 0.2) is 72.0 Å². The molecule has 4 nitrogen and oxygen atoms in total. The molecular weight excluding hydrogens is 613 g/mol. The van der Waals surface area contributed by atoms with Crippen LogP contribution in [0.3, 0.4) is 0 Å². The molecule has 2 aromatic heterocycles. The van der Waals surface area contributed by atoms with Crippen LogP contribution in [-0.2, 0) is 5.75 Å². The average Bonchev–Trinajstić information content (AvgIpc) is 3.39. The quantitative estimate of drug-likeness (QED) is 0.116. The molecule has 1 N–H and O–H groups in total. The second-order valence-corrected chi connectivity index (χ2v) is 10.1. The second kappa shape index (κ2) is 7.64. The van der Waals surface area contributed by atoms with E-state index in [0.29, 0.717) is 10.2 Å². The molecule has 3 heterocycles. The molecule has 4 aromatic rings. The summed E-state index contributed by atoms with van der Waals surface area (Å²) in [6, 6.07) is 15.5. The highest BCUT2D eigenvalue weighted by molar-refractivity contribution is 14.1. The SMILES string of the molecule is Fc1cc(I)ccc1[N+]1(c2ccc3[nH]c(CSc4ccnc(I)c4)nc3c2)C=C1. The van der Waals surface area contributed by atoms with Gasteiger partial charge in [-0.25, -0.2) is 9.37 Å². The van der Waals surface area contributed by atoms with Crippen LogP contribution in [0.5, 0.6) is 0 Å². The minimum Gasteiger partial charge on any atom is -0.341 e. The molecule has 0 bridgehead atoms. The number of pyridine rings is 1. The molecule has 8 heteroatoms. The van der Waals surface area contributed by atoms with Gasteiger partial charge in [0.2, 0.25) is 0 Å². The molecule has 0 saturated heterocycles. The summed E-state index contributed by atoms with van der Waals surface area (Å²) in [5.41, 5.74) is 3.48. The number of halogens is 3. The molecule has 0 amide bonds. The van der Waals surface area contributed by atoms with Crippen molar-refractivity contribution >= 4 is 79.4 Å². The number of nitrogens with zero attached hydrogens (tertiary/aromatic N) is 3. The van der Waals surface area contributed by atoms with Crippen molar-refractivity contribution in [1.29, 1.82) is 0 Å². The van der Waals surface area contributed by atoms with Crippen molar-refractivity contribution in [3.8, 4) is 0 Å². The zero-order chi connectivity index (χ0) is 20.0. The number of nitrogens with one attached hydrogen (secondary N) is 1. The lowest BCUT2D eigenvalue weighted by molar-refractivity contribution is 0.600. The van der Waals surface area contributed by atoms with Crippen molar-refractivity contribution in [2.24, 2.45) is 0 Å². The van der Waals surface area contributed by atoms with Crippen LogP contribution in [0.4, 0.5) is 15.8 Å². The summed E-state index contributed by atoms with van der Waals surface area (Å²) in [6.45, 7) is 0. The standard InChI is InChI=1S/C21H14FI2N4S/c22-16-9-13(23)1-4-19(16)28(7-8-28)14-2-3-17-18(10-14)27-21(26-17)12-29-15-5-6-25-20(24)11-15/h1-11H,12H2,(H,26,27)/q+1. The Hall–Kier alpha value is -1.50. The summed E-state index contributed by atoms with van der Waals surface area (Å²) >= 11 is 6.06. The minimum absolute atomic E-state index is 0.201. The van der Waals surface area contributed by atoms with E-state index in [0.717, 1.165) is 40.5 Å². The molecule has 0 aliphatic carbocycles. The molecule has 5 rings (SSSR count). The van der Waals surface area contributed by atoms with Crippen molar-refractivity contribution in [1.82, 2.24) is 19.4 Å². The van der Waals surface area contributed by atoms with E-state index < -0.39 is 0 Å². The maximum absolute atomic E-state index is 14.6. The van der Waals surface area contributed by atoms with Crippen molar-refractivity contribution in [2.75, 3.05) is 0 Å². The minimum atomic E-state index is -0.201. The Balaban J connectivity index is 1.42. The van der Waals surface area contributed by atoms with Crippen LogP contribution < -0.4 is 4.48 Å². The van der Waals surface area contributed by atoms with Gasteiger partial charge in [-0.1, -0.05) is 0 Å². The number of rotatable bonds is 5. The maximum Gasteiger partial charge on any atom is 0.186 e. The Morgan fingerprint density at radius 2 is 1.90 bits per heavy atom. The van der Waals surface area contributed by atoms with Gasteiger partial charge in [-0.3, -0.25) is 4.98 Å². The predicted molar refractivity (Wildman–Crippen MR) is 132 cm³/mol. The maximum atomic E-state index is 14.6. The zero-order valence-corrected chi connectivity index (χ0v) is 20.1. The number of H-pyrrole nitrogens is 1. The Labute approximate surface area is 198 Å². The highest BCUT2D eigenvalue weighted by Gasteiger charge is 2.43. The molecule has 144 valence electrons. The smallest absolute Gasteiger partial charge is 0.186 e. The summed E-state index contributed by atoms with van der Waals surface area (Å²) in [6.07, 6.45) is 5.79. The first-order valence-corrected chi connectivity index (χ1v) is 12.0. The van der Waals surface area contributed by atoms with Gasteiger partial charge in [0.25, 0.3) is 0 Å². The molecule has 1 aliphatic rings. The van der Waals surface area contributed by atoms with Gasteiger partial charge in [0.15, 0.2) is 23.9 Å². The Bertz CT molecular complexity index is 1260. The van der Waals surface area contributed by atoms with Crippen molar-refractivity contribution in [3.05, 3.63) is 86.0 Å². The fourth-order valence-corrected chi connectivity index (χ4v) is 5.24. The molecule has 0 radical (unpaired) electrons. The topological polar surface area (TPSA) is 41.6 Å². The van der Waals surface area contributed by atoms with Crippen LogP contribution in [0.25, 0.3) is 11.0 Å². The molecular formula is C21H14FI2N4S+. The number of quaternary nitrogens is 1. The fraction of sp³-hybridized carbons (Fsp3) is 0.0476. The zero-order valence-electron chi connectivity index (χ0n) is 14.9. The summed E-state index contributed by atoms with van der Waals surface area (Å²) in [5, 5.41) is 0. The van der Waals surface area contributed by atoms with E-state index in [9.17, 15) is 4.39 Å². The lowest BCUT2D eigenvalue weighted by Gasteiger charge is -2.18. The summed E-state index contributed by atoms with van der Waals surface area (Å²) < 4.78 is 16.8. The monoisotopic (exact) mass is 627 g/mol. The van der Waals surface area contributed by atoms with Gasteiger partial charge in [-0.05, 0) is 75.5 Å². The first-order valence-electron chi connectivity index (χ1n) is 8.81. The molecule has 0 atom stereocenters. The first kappa shape index (κ1) is 19.5. The number of hydrogen-bond donors (Lipinski definition) is 1. The number of fused-ring (bicyclic) bond motifs is 1. The molecule has 1 aliphatic heterocycles. The summed E-state index contributed by atoms with van der Waals surface area (Å²) in [4.78, 5) is 13.5. The van der Waals surface area contributed by atoms with Crippen LogP contribution in [0, 0.1) is 13.1 Å². The van der Waals surface area contributed by atoms with Crippen LogP contribution >= 0.6 is 56.9 Å². The van der Waals surface area contributed by atoms with E-state index in [2.05, 4.69) is 61.2 Å². The fourth-order valence-electron chi connectivity index (χ4n) is 3.29. The third-order valence-corrected chi connectivity index (χ3v) is 7.04. The van der Waals surface area contributed by atoms with Gasteiger partial charge in [-0.15, -0.1) is 11.8 Å². The van der Waals surface area contributed by atoms with Crippen molar-refractivity contribution in [3.63, 3.8) is 0 Å². The van der Waals surface area contributed by atoms with Crippen LogP contribution in [0.2, 0.25) is 0 Å². The van der Waals surface area contributed by atoms with Gasteiger partial charge in [0.05, 0.1) is 16.8 Å². The Morgan fingerprint density at radius 3 is 2.66 bits per heavy atom. The second-order valence-electron chi connectivity index (χ2n) is 6.66. The van der Waals surface area contributed by atoms with Crippen LogP contribution in [-0.4, -0.2) is 15.0 Å². The summed E-state index contributed by atoms with van der Waals surface area (Å²) in [7, 11) is 0. The first-order chi connectivity index (χ1) is 14.0. The van der Waals surface area contributed by atoms with Gasteiger partial charge < -0.3 is 4.98 Å². The van der Waals surface area contributed by atoms with Gasteiger partial charge >= 0.3 is 0 Å². The van der Waals surface area contributed by atoms with E-state index >= 15 is 0 Å². The molecule has 0 spiro atoms. The molecule has 0 saturated carbocycles. The Kier molecular flexibility index (Phi) is 5.13. The van der Waals surface area contributed by atoms with E-state index in [1.54, 1.807) is 17.8 Å². The molecule has 29 heavy (non-hydrogen) atoms. The summed E-state index contributed by atoms with van der Waals surface area (Å²) in [5.74, 6) is 1.46. The largest absolute Gasteiger partial charge is 0.341 e. The highest BCUT2D eigenvalue weighted by atomic mass is 127. The van der Waals surface area contributed by atoms with Crippen molar-refractivity contribution in [2.45, 2.75) is 10.6 Å². The van der Waals surface area contributed by atoms with E-state index in [1.165, 1.54) is 0 Å². The van der Waals surface area contributed by atoms with Gasteiger partial charge in [0.1, 0.15) is 15.2 Å². The molecule has 0 fully saturated rings. The molecule has 2 aromatic carbocycles. The molecule has 0 unspecified atom stereocenters. The van der Waals surface area contributed by atoms with Gasteiger partial charge in [0, 0.05) is 32.9 Å². The van der Waals surface area contributed by atoms with Crippen LogP contribution in [0.1, 0.15) is 5.82 Å². The van der Waals surface area contributed by atoms with Gasteiger partial charge in [-0.2, -0.15) is 4.48 Å². The lowest BCUT2D eigenvalue weighted by Crippen LogP contribution is -2.19. The normalized spacial score (nSPS) is 14.4. The number of aromatic nitrogens is 3. The number of benzene rings is 2. The highest BCUT2D eigenvalue weighted by Crippen LogP contribution is 2.45. The number of imidazole rings is 1. The van der Waals surface area contributed by atoms with E-state index in [-0.39, 0.29) is 5.82 Å². The lowest BCUT2D eigenvalue weighted by atomic mass is 10.2. The number of hydrogen-bond acceptors (Lipinski definition) is 3. The van der Waals surface area contributed by atoms with E-state index in [4.69, 9.17) is 4.98 Å². The third kappa shape index (κ3) is 3.82.